The van der Waals surface area contributed by atoms with Crippen LogP contribution in [0.25, 0.3) is 11.1 Å². The van der Waals surface area contributed by atoms with E-state index in [9.17, 15) is 4.39 Å². The molecule has 0 radical (unpaired) electrons. The fourth-order valence-electron chi connectivity index (χ4n) is 3.61. The Hall–Kier alpha value is -2.62. The summed E-state index contributed by atoms with van der Waals surface area (Å²) in [5.41, 5.74) is 10.6. The molecule has 158 valence electrons. The SMILES string of the molecule is Cn1cc(-c2ccccc2CN=C(N)N2CCN(c3ccc(F)cc3)CC2)cn1.I. The number of nitrogens with two attached hydrogens (primary N) is 1. The number of aromatic nitrogens is 2. The summed E-state index contributed by atoms with van der Waals surface area (Å²) < 4.78 is 14.9. The molecule has 0 bridgehead atoms. The highest BCUT2D eigenvalue weighted by Gasteiger charge is 2.18. The summed E-state index contributed by atoms with van der Waals surface area (Å²) in [5, 5.41) is 4.26. The average Bonchev–Trinajstić information content (AvgIpc) is 3.19. The Morgan fingerprint density at radius 3 is 2.43 bits per heavy atom. The number of rotatable bonds is 4. The minimum Gasteiger partial charge on any atom is -0.370 e. The van der Waals surface area contributed by atoms with Crippen LogP contribution in [0.15, 0.2) is 65.9 Å². The highest BCUT2D eigenvalue weighted by atomic mass is 127. The average molecular weight is 520 g/mol. The zero-order chi connectivity index (χ0) is 20.2. The third-order valence-electron chi connectivity index (χ3n) is 5.24. The molecule has 0 spiro atoms. The Labute approximate surface area is 193 Å². The molecular formula is C22H26FIN6. The summed E-state index contributed by atoms with van der Waals surface area (Å²) in [5.74, 6) is 0.347. The van der Waals surface area contributed by atoms with Gasteiger partial charge in [0.15, 0.2) is 5.96 Å². The van der Waals surface area contributed by atoms with E-state index >= 15 is 0 Å². The number of hydrogen-bond donors (Lipinski definition) is 1. The molecule has 1 aliphatic heterocycles. The third kappa shape index (κ3) is 5.10. The van der Waals surface area contributed by atoms with Gasteiger partial charge in [-0.2, -0.15) is 5.10 Å². The maximum Gasteiger partial charge on any atom is 0.191 e. The molecule has 0 atom stereocenters. The summed E-state index contributed by atoms with van der Waals surface area (Å²) in [6.07, 6.45) is 3.86. The number of piperazine rings is 1. The number of benzene rings is 2. The van der Waals surface area contributed by atoms with E-state index in [1.165, 1.54) is 12.1 Å². The molecule has 4 rings (SSSR count). The van der Waals surface area contributed by atoms with Crippen molar-refractivity contribution >= 4 is 35.6 Å². The van der Waals surface area contributed by atoms with E-state index < -0.39 is 0 Å². The molecule has 1 aliphatic rings. The minimum atomic E-state index is -0.213. The van der Waals surface area contributed by atoms with Gasteiger partial charge in [-0.15, -0.1) is 24.0 Å². The number of anilines is 1. The van der Waals surface area contributed by atoms with Crippen molar-refractivity contribution in [1.29, 1.82) is 0 Å². The van der Waals surface area contributed by atoms with Crippen molar-refractivity contribution in [3.05, 3.63) is 72.3 Å². The zero-order valence-corrected chi connectivity index (χ0v) is 19.2. The number of nitrogens with zero attached hydrogens (tertiary/aromatic N) is 5. The maximum atomic E-state index is 13.1. The van der Waals surface area contributed by atoms with Gasteiger partial charge in [-0.25, -0.2) is 9.38 Å². The first-order valence-electron chi connectivity index (χ1n) is 9.72. The van der Waals surface area contributed by atoms with E-state index in [0.29, 0.717) is 12.5 Å². The van der Waals surface area contributed by atoms with Gasteiger partial charge in [0.2, 0.25) is 0 Å². The number of aryl methyl sites for hydroxylation is 1. The minimum absolute atomic E-state index is 0. The van der Waals surface area contributed by atoms with Gasteiger partial charge in [0.1, 0.15) is 5.82 Å². The third-order valence-corrected chi connectivity index (χ3v) is 5.24. The molecule has 0 aliphatic carbocycles. The van der Waals surface area contributed by atoms with E-state index in [0.717, 1.165) is 48.6 Å². The van der Waals surface area contributed by atoms with Crippen LogP contribution < -0.4 is 10.6 Å². The van der Waals surface area contributed by atoms with Gasteiger partial charge >= 0.3 is 0 Å². The van der Waals surface area contributed by atoms with Crippen molar-refractivity contribution in [2.45, 2.75) is 6.54 Å². The molecule has 3 aromatic rings. The lowest BCUT2D eigenvalue weighted by atomic mass is 10.0. The monoisotopic (exact) mass is 520 g/mol. The van der Waals surface area contributed by atoms with E-state index in [4.69, 9.17) is 5.73 Å². The van der Waals surface area contributed by atoms with Crippen LogP contribution in [0.5, 0.6) is 0 Å². The van der Waals surface area contributed by atoms with Crippen molar-refractivity contribution in [1.82, 2.24) is 14.7 Å². The molecule has 0 unspecified atom stereocenters. The van der Waals surface area contributed by atoms with Crippen molar-refractivity contribution < 1.29 is 4.39 Å². The summed E-state index contributed by atoms with van der Waals surface area (Å²) >= 11 is 0. The highest BCUT2D eigenvalue weighted by Crippen LogP contribution is 2.24. The largest absolute Gasteiger partial charge is 0.370 e. The van der Waals surface area contributed by atoms with Crippen LogP contribution in [0, 0.1) is 5.82 Å². The Bertz CT molecular complexity index is 993. The fraction of sp³-hybridized carbons (Fsp3) is 0.273. The van der Waals surface area contributed by atoms with E-state index in [2.05, 4.69) is 32.0 Å². The van der Waals surface area contributed by atoms with Gasteiger partial charge in [-0.3, -0.25) is 4.68 Å². The Kier molecular flexibility index (Phi) is 7.30. The Balaban J connectivity index is 0.00000256. The van der Waals surface area contributed by atoms with Crippen molar-refractivity contribution in [2.24, 2.45) is 17.8 Å². The normalized spacial score (nSPS) is 14.5. The van der Waals surface area contributed by atoms with E-state index in [1.807, 2.05) is 43.7 Å². The molecule has 1 fully saturated rings. The van der Waals surface area contributed by atoms with Crippen molar-refractivity contribution in [2.75, 3.05) is 31.1 Å². The van der Waals surface area contributed by atoms with Crippen LogP contribution in [-0.2, 0) is 13.6 Å². The summed E-state index contributed by atoms with van der Waals surface area (Å²) in [4.78, 5) is 8.99. The summed E-state index contributed by atoms with van der Waals surface area (Å²) in [6, 6.07) is 14.8. The lowest BCUT2D eigenvalue weighted by Gasteiger charge is -2.36. The lowest BCUT2D eigenvalue weighted by Crippen LogP contribution is -2.51. The van der Waals surface area contributed by atoms with E-state index in [-0.39, 0.29) is 29.8 Å². The standard InChI is InChI=1S/C22H25FN6.HI/c1-27-16-18(15-26-27)21-5-3-2-4-17(21)14-25-22(24)29-12-10-28(11-13-29)20-8-6-19(23)7-9-20;/h2-9,15-16H,10-14H2,1H3,(H2,24,25);1H. The number of halogens is 2. The Morgan fingerprint density at radius 2 is 1.77 bits per heavy atom. The molecular weight excluding hydrogens is 494 g/mol. The van der Waals surface area contributed by atoms with Gasteiger partial charge in [0.25, 0.3) is 0 Å². The van der Waals surface area contributed by atoms with E-state index in [1.54, 1.807) is 4.68 Å². The predicted octanol–water partition coefficient (Wildman–Crippen LogP) is 3.48. The number of aliphatic imine (C=N–C) groups is 1. The first-order valence-corrected chi connectivity index (χ1v) is 9.72. The van der Waals surface area contributed by atoms with Gasteiger partial charge in [0.05, 0.1) is 12.7 Å². The second-order valence-corrected chi connectivity index (χ2v) is 7.18. The molecule has 8 heteroatoms. The van der Waals surface area contributed by atoms with Crippen molar-refractivity contribution in [3.8, 4) is 11.1 Å². The molecule has 0 amide bonds. The quantitative estimate of drug-likeness (QED) is 0.325. The lowest BCUT2D eigenvalue weighted by molar-refractivity contribution is 0.380. The molecule has 0 saturated carbocycles. The molecule has 30 heavy (non-hydrogen) atoms. The van der Waals surface area contributed by atoms with Crippen LogP contribution in [-0.4, -0.2) is 46.8 Å². The van der Waals surface area contributed by atoms with Gasteiger partial charge < -0.3 is 15.5 Å². The smallest absolute Gasteiger partial charge is 0.191 e. The molecule has 2 heterocycles. The molecule has 1 aromatic heterocycles. The Morgan fingerprint density at radius 1 is 1.07 bits per heavy atom. The number of hydrogen-bond acceptors (Lipinski definition) is 3. The van der Waals surface area contributed by atoms with Crippen LogP contribution in [0.2, 0.25) is 0 Å². The second kappa shape index (κ2) is 9.92. The molecule has 6 nitrogen and oxygen atoms in total. The van der Waals surface area contributed by atoms with Crippen LogP contribution in [0.4, 0.5) is 10.1 Å². The summed E-state index contributed by atoms with van der Waals surface area (Å²) in [7, 11) is 1.91. The second-order valence-electron chi connectivity index (χ2n) is 7.18. The van der Waals surface area contributed by atoms with Crippen LogP contribution in [0.3, 0.4) is 0 Å². The first kappa shape index (κ1) is 22.1. The number of guanidine groups is 1. The van der Waals surface area contributed by atoms with Crippen LogP contribution >= 0.6 is 24.0 Å². The maximum absolute atomic E-state index is 13.1. The molecule has 2 N–H and O–H groups in total. The first-order chi connectivity index (χ1) is 14.1. The van der Waals surface area contributed by atoms with Crippen LogP contribution in [0.1, 0.15) is 5.56 Å². The van der Waals surface area contributed by atoms with Crippen molar-refractivity contribution in [3.63, 3.8) is 0 Å². The fourth-order valence-corrected chi connectivity index (χ4v) is 3.61. The van der Waals surface area contributed by atoms with Gasteiger partial charge in [-0.1, -0.05) is 24.3 Å². The predicted molar refractivity (Wildman–Crippen MR) is 130 cm³/mol. The summed E-state index contributed by atoms with van der Waals surface area (Å²) in [6.45, 7) is 3.76. The molecule has 1 saturated heterocycles. The highest BCUT2D eigenvalue weighted by molar-refractivity contribution is 14.0. The van der Waals surface area contributed by atoms with Gasteiger partial charge in [-0.05, 0) is 35.4 Å². The molecule has 2 aromatic carbocycles. The zero-order valence-electron chi connectivity index (χ0n) is 16.9. The van der Waals surface area contributed by atoms with Gasteiger partial charge in [0, 0.05) is 50.7 Å². The topological polar surface area (TPSA) is 62.7 Å².